The molecule has 0 saturated carbocycles. The number of likely N-dealkylation sites (tertiary alicyclic amines) is 1. The van der Waals surface area contributed by atoms with Crippen LogP contribution in [0.4, 0.5) is 0 Å². The Bertz CT molecular complexity index is 336. The maximum Gasteiger partial charge on any atom is 0.225 e. The lowest BCUT2D eigenvalue weighted by molar-refractivity contribution is -0.130. The molecule has 2 unspecified atom stereocenters. The van der Waals surface area contributed by atoms with Gasteiger partial charge in [-0.25, -0.2) is 0 Å². The van der Waals surface area contributed by atoms with Gasteiger partial charge in [-0.1, -0.05) is 13.0 Å². The summed E-state index contributed by atoms with van der Waals surface area (Å²) in [5.41, 5.74) is 1.13. The second kappa shape index (κ2) is 3.40. The van der Waals surface area contributed by atoms with Crippen LogP contribution >= 0.6 is 0 Å². The molecule has 0 aliphatic carbocycles. The van der Waals surface area contributed by atoms with E-state index in [1.807, 2.05) is 37.2 Å². The molecule has 0 aromatic carbocycles. The van der Waals surface area contributed by atoms with E-state index < -0.39 is 0 Å². The molecule has 2 atom stereocenters. The van der Waals surface area contributed by atoms with Gasteiger partial charge in [-0.2, -0.15) is 0 Å². The van der Waals surface area contributed by atoms with Gasteiger partial charge in [0.05, 0.1) is 6.04 Å². The minimum Gasteiger partial charge on any atom is -0.338 e. The number of hydrogen-bond acceptors (Lipinski definition) is 2. The molecule has 3 heteroatoms. The summed E-state index contributed by atoms with van der Waals surface area (Å²) in [7, 11) is 1.86. The summed E-state index contributed by atoms with van der Waals surface area (Å²) in [5, 5.41) is 0. The van der Waals surface area contributed by atoms with Crippen LogP contribution in [0.3, 0.4) is 0 Å². The highest BCUT2D eigenvalue weighted by atomic mass is 16.2. The van der Waals surface area contributed by atoms with E-state index in [1.165, 1.54) is 0 Å². The third-order valence-electron chi connectivity index (χ3n) is 2.88. The Morgan fingerprint density at radius 2 is 2.36 bits per heavy atom. The average Bonchev–Trinajstić information content (AvgIpc) is 2.47. The smallest absolute Gasteiger partial charge is 0.225 e. The van der Waals surface area contributed by atoms with E-state index in [2.05, 4.69) is 4.98 Å². The van der Waals surface area contributed by atoms with E-state index in [-0.39, 0.29) is 17.9 Å². The fourth-order valence-corrected chi connectivity index (χ4v) is 2.03. The van der Waals surface area contributed by atoms with Crippen molar-refractivity contribution in [3.63, 3.8) is 0 Å². The summed E-state index contributed by atoms with van der Waals surface area (Å²) in [6.07, 6.45) is 4.50. The highest BCUT2D eigenvalue weighted by Crippen LogP contribution is 2.34. The van der Waals surface area contributed by atoms with Crippen molar-refractivity contribution in [1.82, 2.24) is 9.88 Å². The van der Waals surface area contributed by atoms with Gasteiger partial charge < -0.3 is 4.90 Å². The summed E-state index contributed by atoms with van der Waals surface area (Å²) in [5.74, 6) is 0.379. The molecule has 2 heterocycles. The quantitative estimate of drug-likeness (QED) is 0.674. The topological polar surface area (TPSA) is 33.2 Å². The largest absolute Gasteiger partial charge is 0.338 e. The first-order chi connectivity index (χ1) is 6.70. The second-order valence-corrected chi connectivity index (χ2v) is 3.89. The molecule has 0 N–H and O–H groups in total. The molecular weight excluding hydrogens is 176 g/mol. The molecular formula is C11H14N2O. The third kappa shape index (κ3) is 1.39. The number of rotatable bonds is 1. The first-order valence-corrected chi connectivity index (χ1v) is 4.86. The molecule has 1 saturated heterocycles. The number of pyridine rings is 1. The lowest BCUT2D eigenvalue weighted by Gasteiger charge is -2.19. The predicted molar refractivity (Wildman–Crippen MR) is 53.5 cm³/mol. The number of carbonyl (C=O) groups is 1. The average molecular weight is 190 g/mol. The number of carbonyl (C=O) groups excluding carboxylic acids is 1. The van der Waals surface area contributed by atoms with Crippen molar-refractivity contribution >= 4 is 5.91 Å². The Morgan fingerprint density at radius 3 is 2.86 bits per heavy atom. The molecule has 0 bridgehead atoms. The van der Waals surface area contributed by atoms with Crippen LogP contribution in [0.15, 0.2) is 24.5 Å². The van der Waals surface area contributed by atoms with E-state index in [4.69, 9.17) is 0 Å². The van der Waals surface area contributed by atoms with Crippen LogP contribution in [0, 0.1) is 5.92 Å². The first-order valence-electron chi connectivity index (χ1n) is 4.86. The SMILES string of the molecule is CC1CC(c2cccnc2)N(C)C1=O. The van der Waals surface area contributed by atoms with E-state index >= 15 is 0 Å². The molecule has 1 amide bonds. The number of nitrogens with zero attached hydrogens (tertiary/aromatic N) is 2. The zero-order valence-electron chi connectivity index (χ0n) is 8.47. The fourth-order valence-electron chi connectivity index (χ4n) is 2.03. The van der Waals surface area contributed by atoms with Crippen LogP contribution in [0.5, 0.6) is 0 Å². The van der Waals surface area contributed by atoms with Crippen molar-refractivity contribution in [2.24, 2.45) is 5.92 Å². The Balaban J connectivity index is 2.26. The fraction of sp³-hybridized carbons (Fsp3) is 0.455. The lowest BCUT2D eigenvalue weighted by Crippen LogP contribution is -2.24. The van der Waals surface area contributed by atoms with Gasteiger partial charge in [-0.05, 0) is 18.1 Å². The van der Waals surface area contributed by atoms with E-state index in [9.17, 15) is 4.79 Å². The van der Waals surface area contributed by atoms with Gasteiger partial charge in [0.1, 0.15) is 0 Å². The minimum absolute atomic E-state index is 0.144. The van der Waals surface area contributed by atoms with Crippen LogP contribution in [0.1, 0.15) is 24.9 Å². The number of hydrogen-bond donors (Lipinski definition) is 0. The maximum atomic E-state index is 11.6. The van der Waals surface area contributed by atoms with Gasteiger partial charge >= 0.3 is 0 Å². The molecule has 1 aliphatic rings. The predicted octanol–water partition coefficient (Wildman–Crippen LogP) is 1.62. The normalized spacial score (nSPS) is 27.0. The number of aromatic nitrogens is 1. The Kier molecular flexibility index (Phi) is 2.23. The molecule has 1 aliphatic heterocycles. The van der Waals surface area contributed by atoms with E-state index in [1.54, 1.807) is 6.20 Å². The molecule has 1 aromatic rings. The van der Waals surface area contributed by atoms with Crippen LogP contribution in [-0.2, 0) is 4.79 Å². The molecule has 2 rings (SSSR count). The highest BCUT2D eigenvalue weighted by molar-refractivity contribution is 5.81. The van der Waals surface area contributed by atoms with Crippen molar-refractivity contribution in [1.29, 1.82) is 0 Å². The van der Waals surface area contributed by atoms with Gasteiger partial charge in [0.25, 0.3) is 0 Å². The second-order valence-electron chi connectivity index (χ2n) is 3.89. The van der Waals surface area contributed by atoms with Crippen molar-refractivity contribution < 1.29 is 4.79 Å². The molecule has 1 aromatic heterocycles. The van der Waals surface area contributed by atoms with Crippen LogP contribution in [0.2, 0.25) is 0 Å². The molecule has 14 heavy (non-hydrogen) atoms. The third-order valence-corrected chi connectivity index (χ3v) is 2.88. The maximum absolute atomic E-state index is 11.6. The molecule has 0 radical (unpaired) electrons. The summed E-state index contributed by atoms with van der Waals surface area (Å²) in [6.45, 7) is 1.98. The zero-order chi connectivity index (χ0) is 10.1. The van der Waals surface area contributed by atoms with Gasteiger partial charge in [0.15, 0.2) is 0 Å². The summed E-state index contributed by atoms with van der Waals surface area (Å²) in [4.78, 5) is 17.5. The zero-order valence-corrected chi connectivity index (χ0v) is 8.47. The van der Waals surface area contributed by atoms with Gasteiger partial charge in [0.2, 0.25) is 5.91 Å². The molecule has 0 spiro atoms. The van der Waals surface area contributed by atoms with Gasteiger partial charge in [0, 0.05) is 25.4 Å². The van der Waals surface area contributed by atoms with E-state index in [0.717, 1.165) is 12.0 Å². The van der Waals surface area contributed by atoms with Gasteiger partial charge in [-0.15, -0.1) is 0 Å². The lowest BCUT2D eigenvalue weighted by atomic mass is 10.0. The Hall–Kier alpha value is -1.38. The van der Waals surface area contributed by atoms with Crippen molar-refractivity contribution in [3.8, 4) is 0 Å². The van der Waals surface area contributed by atoms with Crippen molar-refractivity contribution in [3.05, 3.63) is 30.1 Å². The van der Waals surface area contributed by atoms with Crippen molar-refractivity contribution in [2.75, 3.05) is 7.05 Å². The minimum atomic E-state index is 0.144. The highest BCUT2D eigenvalue weighted by Gasteiger charge is 2.34. The molecule has 1 fully saturated rings. The van der Waals surface area contributed by atoms with Gasteiger partial charge in [-0.3, -0.25) is 9.78 Å². The summed E-state index contributed by atoms with van der Waals surface area (Å²) in [6, 6.07) is 4.15. The van der Waals surface area contributed by atoms with Crippen LogP contribution in [-0.4, -0.2) is 22.8 Å². The molecule has 74 valence electrons. The van der Waals surface area contributed by atoms with Crippen molar-refractivity contribution in [2.45, 2.75) is 19.4 Å². The van der Waals surface area contributed by atoms with E-state index in [0.29, 0.717) is 0 Å². The monoisotopic (exact) mass is 190 g/mol. The summed E-state index contributed by atoms with van der Waals surface area (Å²) >= 11 is 0. The summed E-state index contributed by atoms with van der Waals surface area (Å²) < 4.78 is 0. The van der Waals surface area contributed by atoms with Crippen LogP contribution in [0.25, 0.3) is 0 Å². The first kappa shape index (κ1) is 9.19. The Labute approximate surface area is 83.8 Å². The Morgan fingerprint density at radius 1 is 1.57 bits per heavy atom. The standard InChI is InChI=1S/C11H14N2O/c1-8-6-10(13(2)11(8)14)9-4-3-5-12-7-9/h3-5,7-8,10H,6H2,1-2H3. The number of amides is 1. The van der Waals surface area contributed by atoms with Crippen LogP contribution < -0.4 is 0 Å². The molecule has 3 nitrogen and oxygen atoms in total.